The van der Waals surface area contributed by atoms with Crippen molar-refractivity contribution in [3.63, 3.8) is 0 Å². The van der Waals surface area contributed by atoms with E-state index in [0.29, 0.717) is 17.0 Å². The summed E-state index contributed by atoms with van der Waals surface area (Å²) in [6, 6.07) is 7.02. The smallest absolute Gasteiger partial charge is 0.201 e. The zero-order chi connectivity index (χ0) is 14.3. The standard InChI is InChI=1S/C14H13ClFN3S/c1-2-11(13-4-3-5-20-13)19-12-7-9(16)8(15)6-10(12)18-14(19)17/h3-7,11H,2H2,1H3,(H2,17,18). The van der Waals surface area contributed by atoms with E-state index in [1.165, 1.54) is 17.0 Å². The molecule has 2 heterocycles. The predicted molar refractivity (Wildman–Crippen MR) is 81.9 cm³/mol. The molecule has 3 nitrogen and oxygen atoms in total. The minimum atomic E-state index is -0.457. The number of nitrogen functional groups attached to an aromatic ring is 1. The third-order valence-corrected chi connectivity index (χ3v) is 4.59. The van der Waals surface area contributed by atoms with E-state index in [0.717, 1.165) is 6.42 Å². The van der Waals surface area contributed by atoms with Crippen LogP contribution in [0.3, 0.4) is 0 Å². The number of nitrogens with zero attached hydrogens (tertiary/aromatic N) is 2. The normalized spacial score (nSPS) is 12.9. The highest BCUT2D eigenvalue weighted by atomic mass is 35.5. The van der Waals surface area contributed by atoms with Gasteiger partial charge in [-0.3, -0.25) is 0 Å². The number of imidazole rings is 1. The Labute approximate surface area is 124 Å². The van der Waals surface area contributed by atoms with Gasteiger partial charge in [0.15, 0.2) is 0 Å². The molecule has 0 radical (unpaired) electrons. The van der Waals surface area contributed by atoms with Gasteiger partial charge in [0.2, 0.25) is 5.95 Å². The van der Waals surface area contributed by atoms with Crippen molar-refractivity contribution in [2.75, 3.05) is 5.73 Å². The Morgan fingerprint density at radius 3 is 2.95 bits per heavy atom. The van der Waals surface area contributed by atoms with Crippen molar-refractivity contribution in [1.82, 2.24) is 9.55 Å². The molecule has 0 aliphatic carbocycles. The number of anilines is 1. The van der Waals surface area contributed by atoms with E-state index in [9.17, 15) is 4.39 Å². The first kappa shape index (κ1) is 13.4. The fourth-order valence-corrected chi connectivity index (χ4v) is 3.49. The van der Waals surface area contributed by atoms with Gasteiger partial charge in [-0.15, -0.1) is 11.3 Å². The molecule has 0 amide bonds. The third kappa shape index (κ3) is 2.07. The van der Waals surface area contributed by atoms with Crippen molar-refractivity contribution < 1.29 is 4.39 Å². The topological polar surface area (TPSA) is 43.8 Å². The van der Waals surface area contributed by atoms with Crippen LogP contribution in [0.25, 0.3) is 11.0 Å². The Balaban J connectivity index is 2.24. The van der Waals surface area contributed by atoms with Gasteiger partial charge in [-0.25, -0.2) is 9.37 Å². The van der Waals surface area contributed by atoms with Gasteiger partial charge >= 0.3 is 0 Å². The number of halogens is 2. The summed E-state index contributed by atoms with van der Waals surface area (Å²) in [5.41, 5.74) is 7.31. The van der Waals surface area contributed by atoms with E-state index in [2.05, 4.69) is 18.0 Å². The Morgan fingerprint density at radius 1 is 1.50 bits per heavy atom. The summed E-state index contributed by atoms with van der Waals surface area (Å²) in [5, 5.41) is 2.08. The summed E-state index contributed by atoms with van der Waals surface area (Å²) in [4.78, 5) is 5.46. The maximum Gasteiger partial charge on any atom is 0.201 e. The average molecular weight is 310 g/mol. The molecule has 0 saturated carbocycles. The zero-order valence-corrected chi connectivity index (χ0v) is 12.4. The quantitative estimate of drug-likeness (QED) is 0.775. The van der Waals surface area contributed by atoms with E-state index in [1.807, 2.05) is 16.0 Å². The Morgan fingerprint density at radius 2 is 2.30 bits per heavy atom. The number of fused-ring (bicyclic) bond motifs is 1. The fourth-order valence-electron chi connectivity index (χ4n) is 2.43. The van der Waals surface area contributed by atoms with Gasteiger partial charge in [0.05, 0.1) is 22.1 Å². The van der Waals surface area contributed by atoms with Gasteiger partial charge in [0, 0.05) is 10.9 Å². The first-order chi connectivity index (χ1) is 9.61. The van der Waals surface area contributed by atoms with Gasteiger partial charge in [0.1, 0.15) is 5.82 Å². The van der Waals surface area contributed by atoms with Gasteiger partial charge in [0.25, 0.3) is 0 Å². The monoisotopic (exact) mass is 309 g/mol. The first-order valence-electron chi connectivity index (χ1n) is 6.27. The van der Waals surface area contributed by atoms with Crippen LogP contribution in [0.15, 0.2) is 29.6 Å². The molecular formula is C14H13ClFN3S. The van der Waals surface area contributed by atoms with Gasteiger partial charge in [-0.05, 0) is 23.9 Å². The lowest BCUT2D eigenvalue weighted by atomic mass is 10.1. The van der Waals surface area contributed by atoms with E-state index < -0.39 is 5.82 Å². The largest absolute Gasteiger partial charge is 0.369 e. The van der Waals surface area contributed by atoms with Gasteiger partial charge in [-0.2, -0.15) is 0 Å². The molecule has 1 unspecified atom stereocenters. The molecule has 1 aromatic carbocycles. The van der Waals surface area contributed by atoms with Crippen LogP contribution >= 0.6 is 22.9 Å². The number of thiophene rings is 1. The SMILES string of the molecule is CCC(c1cccs1)n1c(N)nc2cc(Cl)c(F)cc21. The second-order valence-corrected chi connectivity index (χ2v) is 5.92. The Bertz CT molecular complexity index is 751. The maximum atomic E-state index is 13.7. The molecule has 2 N–H and O–H groups in total. The minimum Gasteiger partial charge on any atom is -0.369 e. The van der Waals surface area contributed by atoms with E-state index in [1.54, 1.807) is 11.3 Å². The van der Waals surface area contributed by atoms with Gasteiger partial charge < -0.3 is 10.3 Å². The number of aromatic nitrogens is 2. The lowest BCUT2D eigenvalue weighted by Crippen LogP contribution is -2.11. The molecule has 104 valence electrons. The molecule has 2 aromatic heterocycles. The molecule has 1 atom stereocenters. The van der Waals surface area contributed by atoms with Crippen LogP contribution in [-0.4, -0.2) is 9.55 Å². The molecule has 6 heteroatoms. The molecule has 0 bridgehead atoms. The average Bonchev–Trinajstić information content (AvgIpc) is 3.02. The third-order valence-electron chi connectivity index (χ3n) is 3.33. The maximum absolute atomic E-state index is 13.7. The first-order valence-corrected chi connectivity index (χ1v) is 7.53. The minimum absolute atomic E-state index is 0.0561. The van der Waals surface area contributed by atoms with Crippen LogP contribution in [0.5, 0.6) is 0 Å². The molecule has 0 fully saturated rings. The molecular weight excluding hydrogens is 297 g/mol. The van der Waals surface area contributed by atoms with E-state index in [4.69, 9.17) is 17.3 Å². The predicted octanol–water partition coefficient (Wildman–Crippen LogP) is 4.47. The van der Waals surface area contributed by atoms with Crippen LogP contribution in [0.1, 0.15) is 24.3 Å². The van der Waals surface area contributed by atoms with Crippen molar-refractivity contribution in [3.8, 4) is 0 Å². The van der Waals surface area contributed by atoms with Crippen LogP contribution in [0, 0.1) is 5.82 Å². The molecule has 0 spiro atoms. The second-order valence-electron chi connectivity index (χ2n) is 4.53. The molecule has 0 aliphatic rings. The van der Waals surface area contributed by atoms with Crippen LogP contribution in [-0.2, 0) is 0 Å². The molecule has 3 rings (SSSR count). The number of rotatable bonds is 3. The number of hydrogen-bond acceptors (Lipinski definition) is 3. The lowest BCUT2D eigenvalue weighted by Gasteiger charge is -2.17. The van der Waals surface area contributed by atoms with Crippen molar-refractivity contribution in [3.05, 3.63) is 45.4 Å². The zero-order valence-electron chi connectivity index (χ0n) is 10.8. The second kappa shape index (κ2) is 5.07. The van der Waals surface area contributed by atoms with Crippen LogP contribution in [0.4, 0.5) is 10.3 Å². The number of benzene rings is 1. The van der Waals surface area contributed by atoms with Crippen molar-refractivity contribution in [1.29, 1.82) is 0 Å². The Kier molecular flexibility index (Phi) is 3.40. The van der Waals surface area contributed by atoms with Crippen LogP contribution in [0.2, 0.25) is 5.02 Å². The summed E-state index contributed by atoms with van der Waals surface area (Å²) in [7, 11) is 0. The van der Waals surface area contributed by atoms with Gasteiger partial charge in [-0.1, -0.05) is 24.6 Å². The molecule has 0 aliphatic heterocycles. The molecule has 20 heavy (non-hydrogen) atoms. The molecule has 3 aromatic rings. The Hall–Kier alpha value is -1.59. The number of nitrogens with two attached hydrogens (primary N) is 1. The highest BCUT2D eigenvalue weighted by Crippen LogP contribution is 2.33. The van der Waals surface area contributed by atoms with Crippen molar-refractivity contribution in [2.24, 2.45) is 0 Å². The van der Waals surface area contributed by atoms with Crippen molar-refractivity contribution >= 4 is 39.9 Å². The highest BCUT2D eigenvalue weighted by Gasteiger charge is 2.20. The highest BCUT2D eigenvalue weighted by molar-refractivity contribution is 7.10. The van der Waals surface area contributed by atoms with E-state index in [-0.39, 0.29) is 11.1 Å². The van der Waals surface area contributed by atoms with Crippen LogP contribution < -0.4 is 5.73 Å². The number of hydrogen-bond donors (Lipinski definition) is 1. The fraction of sp³-hybridized carbons (Fsp3) is 0.214. The molecule has 0 saturated heterocycles. The lowest BCUT2D eigenvalue weighted by molar-refractivity contribution is 0.594. The summed E-state index contributed by atoms with van der Waals surface area (Å²) in [6.45, 7) is 2.07. The summed E-state index contributed by atoms with van der Waals surface area (Å²) in [6.07, 6.45) is 0.848. The summed E-state index contributed by atoms with van der Waals surface area (Å²) >= 11 is 7.45. The van der Waals surface area contributed by atoms with E-state index >= 15 is 0 Å². The summed E-state index contributed by atoms with van der Waals surface area (Å²) in [5.74, 6) is -0.0803. The summed E-state index contributed by atoms with van der Waals surface area (Å²) < 4.78 is 15.6. The van der Waals surface area contributed by atoms with Crippen molar-refractivity contribution in [2.45, 2.75) is 19.4 Å².